The van der Waals surface area contributed by atoms with Gasteiger partial charge in [0.15, 0.2) is 0 Å². The fraction of sp³-hybridized carbons (Fsp3) is 0.538. The van der Waals surface area contributed by atoms with E-state index in [1.807, 2.05) is 12.1 Å². The minimum Gasteiger partial charge on any atom is -0.310 e. The molecule has 0 amide bonds. The summed E-state index contributed by atoms with van der Waals surface area (Å²) in [5.41, 5.74) is 0.963. The largest absolute Gasteiger partial charge is 0.310 e. The van der Waals surface area contributed by atoms with Gasteiger partial charge >= 0.3 is 0 Å². The van der Waals surface area contributed by atoms with Gasteiger partial charge in [-0.1, -0.05) is 35.3 Å². The van der Waals surface area contributed by atoms with Gasteiger partial charge in [0, 0.05) is 25.7 Å². The van der Waals surface area contributed by atoms with Crippen LogP contribution in [0.4, 0.5) is 0 Å². The van der Waals surface area contributed by atoms with Crippen LogP contribution >= 0.6 is 23.2 Å². The van der Waals surface area contributed by atoms with E-state index < -0.39 is 10.0 Å². The van der Waals surface area contributed by atoms with Crippen LogP contribution in [0.15, 0.2) is 18.2 Å². The van der Waals surface area contributed by atoms with Crippen molar-refractivity contribution in [1.82, 2.24) is 9.62 Å². The number of halogens is 2. The van der Waals surface area contributed by atoms with Gasteiger partial charge in [0.25, 0.3) is 0 Å². The van der Waals surface area contributed by atoms with Crippen LogP contribution in [0.25, 0.3) is 0 Å². The first kappa shape index (κ1) is 16.0. The quantitative estimate of drug-likeness (QED) is 0.918. The third-order valence-electron chi connectivity index (χ3n) is 3.54. The molecule has 0 radical (unpaired) electrons. The molecule has 7 heteroatoms. The number of hydrogen-bond acceptors (Lipinski definition) is 3. The van der Waals surface area contributed by atoms with E-state index in [9.17, 15) is 8.42 Å². The van der Waals surface area contributed by atoms with Gasteiger partial charge in [0.1, 0.15) is 0 Å². The molecule has 112 valence electrons. The highest BCUT2D eigenvalue weighted by Crippen LogP contribution is 2.25. The molecule has 2 rings (SSSR count). The zero-order valence-corrected chi connectivity index (χ0v) is 13.6. The standard InChI is InChI=1S/C13H18Cl2N2O2S/c1-20(18,19)17-7-5-11(6-8-17)16-9-10-3-2-4-12(14)13(10)15/h2-4,11,16H,5-9H2,1H3. The molecular weight excluding hydrogens is 319 g/mol. The molecule has 0 aromatic heterocycles. The molecule has 1 aliphatic rings. The van der Waals surface area contributed by atoms with E-state index in [1.165, 1.54) is 10.6 Å². The lowest BCUT2D eigenvalue weighted by molar-refractivity contribution is 0.290. The van der Waals surface area contributed by atoms with Crippen LogP contribution in [-0.4, -0.2) is 38.1 Å². The van der Waals surface area contributed by atoms with Crippen LogP contribution in [0, 0.1) is 0 Å². The van der Waals surface area contributed by atoms with E-state index in [1.54, 1.807) is 6.07 Å². The van der Waals surface area contributed by atoms with E-state index in [0.717, 1.165) is 18.4 Å². The molecule has 20 heavy (non-hydrogen) atoms. The second kappa shape index (κ2) is 6.62. The van der Waals surface area contributed by atoms with Crippen LogP contribution in [0.2, 0.25) is 10.0 Å². The summed E-state index contributed by atoms with van der Waals surface area (Å²) < 4.78 is 24.4. The molecule has 1 N–H and O–H groups in total. The number of nitrogens with one attached hydrogen (secondary N) is 1. The Hall–Kier alpha value is -0.330. The van der Waals surface area contributed by atoms with Crippen LogP contribution < -0.4 is 5.32 Å². The molecule has 0 unspecified atom stereocenters. The van der Waals surface area contributed by atoms with Crippen LogP contribution in [-0.2, 0) is 16.6 Å². The summed E-state index contributed by atoms with van der Waals surface area (Å²) >= 11 is 12.1. The minimum absolute atomic E-state index is 0.308. The van der Waals surface area contributed by atoms with Crippen LogP contribution in [0.1, 0.15) is 18.4 Å². The van der Waals surface area contributed by atoms with E-state index in [4.69, 9.17) is 23.2 Å². The Kier molecular flexibility index (Phi) is 5.31. The zero-order chi connectivity index (χ0) is 14.8. The molecule has 1 heterocycles. The summed E-state index contributed by atoms with van der Waals surface area (Å²) in [4.78, 5) is 0. The van der Waals surface area contributed by atoms with Crippen molar-refractivity contribution in [3.8, 4) is 0 Å². The molecule has 0 saturated carbocycles. The van der Waals surface area contributed by atoms with Gasteiger partial charge in [-0.25, -0.2) is 12.7 Å². The van der Waals surface area contributed by atoms with Gasteiger partial charge in [-0.3, -0.25) is 0 Å². The van der Waals surface area contributed by atoms with Gasteiger partial charge in [-0.05, 0) is 24.5 Å². The summed E-state index contributed by atoms with van der Waals surface area (Å²) in [6.07, 6.45) is 2.88. The molecule has 1 aromatic rings. The van der Waals surface area contributed by atoms with E-state index in [2.05, 4.69) is 5.32 Å². The average molecular weight is 337 g/mol. The van der Waals surface area contributed by atoms with Gasteiger partial charge in [-0.15, -0.1) is 0 Å². The second-order valence-corrected chi connectivity index (χ2v) is 7.80. The van der Waals surface area contributed by atoms with E-state index in [-0.39, 0.29) is 0 Å². The Bertz CT molecular complexity index is 570. The molecular formula is C13H18Cl2N2O2S. The monoisotopic (exact) mass is 336 g/mol. The Morgan fingerprint density at radius 3 is 2.55 bits per heavy atom. The van der Waals surface area contributed by atoms with Crippen molar-refractivity contribution >= 4 is 33.2 Å². The third-order valence-corrected chi connectivity index (χ3v) is 5.70. The van der Waals surface area contributed by atoms with Gasteiger partial charge in [0.2, 0.25) is 10.0 Å². The summed E-state index contributed by atoms with van der Waals surface area (Å²) in [5, 5.41) is 4.55. The first-order valence-electron chi connectivity index (χ1n) is 6.49. The van der Waals surface area contributed by atoms with Gasteiger partial charge in [-0.2, -0.15) is 0 Å². The molecule has 0 spiro atoms. The fourth-order valence-corrected chi connectivity index (χ4v) is 3.59. The summed E-state index contributed by atoms with van der Waals surface area (Å²) in [6, 6.07) is 5.88. The highest BCUT2D eigenvalue weighted by Gasteiger charge is 2.24. The zero-order valence-electron chi connectivity index (χ0n) is 11.3. The lowest BCUT2D eigenvalue weighted by Gasteiger charge is -2.30. The number of nitrogens with zero attached hydrogens (tertiary/aromatic N) is 1. The highest BCUT2D eigenvalue weighted by molar-refractivity contribution is 7.88. The van der Waals surface area contributed by atoms with E-state index >= 15 is 0 Å². The average Bonchev–Trinajstić information content (AvgIpc) is 2.40. The van der Waals surface area contributed by atoms with Gasteiger partial charge < -0.3 is 5.32 Å². The first-order chi connectivity index (χ1) is 9.38. The lowest BCUT2D eigenvalue weighted by atomic mass is 10.1. The molecule has 1 aromatic carbocycles. The lowest BCUT2D eigenvalue weighted by Crippen LogP contribution is -2.44. The van der Waals surface area contributed by atoms with Crippen LogP contribution in [0.3, 0.4) is 0 Å². The van der Waals surface area contributed by atoms with Crippen molar-refractivity contribution in [2.45, 2.75) is 25.4 Å². The molecule has 0 atom stereocenters. The minimum atomic E-state index is -3.06. The Labute approximate surface area is 130 Å². The maximum Gasteiger partial charge on any atom is 0.211 e. The normalized spacial score (nSPS) is 18.4. The number of hydrogen-bond donors (Lipinski definition) is 1. The number of piperidine rings is 1. The van der Waals surface area contributed by atoms with Crippen LogP contribution in [0.5, 0.6) is 0 Å². The second-order valence-electron chi connectivity index (χ2n) is 5.03. The van der Waals surface area contributed by atoms with Crippen molar-refractivity contribution in [1.29, 1.82) is 0 Å². The molecule has 1 saturated heterocycles. The Morgan fingerprint density at radius 1 is 1.30 bits per heavy atom. The molecule has 0 bridgehead atoms. The molecule has 4 nitrogen and oxygen atoms in total. The maximum atomic E-state index is 11.4. The van der Waals surface area contributed by atoms with Crippen molar-refractivity contribution < 1.29 is 8.42 Å². The summed E-state index contributed by atoms with van der Waals surface area (Å²) in [7, 11) is -3.06. The number of rotatable bonds is 4. The highest BCUT2D eigenvalue weighted by atomic mass is 35.5. The van der Waals surface area contributed by atoms with E-state index in [0.29, 0.717) is 35.7 Å². The predicted octanol–water partition coefficient (Wildman–Crippen LogP) is 2.51. The smallest absolute Gasteiger partial charge is 0.211 e. The molecule has 1 fully saturated rings. The van der Waals surface area contributed by atoms with Crippen molar-refractivity contribution in [3.05, 3.63) is 33.8 Å². The number of benzene rings is 1. The van der Waals surface area contributed by atoms with Gasteiger partial charge in [0.05, 0.1) is 16.3 Å². The molecule has 0 aliphatic carbocycles. The summed E-state index contributed by atoms with van der Waals surface area (Å²) in [5.74, 6) is 0. The first-order valence-corrected chi connectivity index (χ1v) is 9.10. The fourth-order valence-electron chi connectivity index (χ4n) is 2.33. The predicted molar refractivity (Wildman–Crippen MR) is 82.7 cm³/mol. The molecule has 1 aliphatic heterocycles. The van der Waals surface area contributed by atoms with Crippen molar-refractivity contribution in [2.75, 3.05) is 19.3 Å². The maximum absolute atomic E-state index is 11.4. The topological polar surface area (TPSA) is 49.4 Å². The van der Waals surface area contributed by atoms with Crippen molar-refractivity contribution in [2.24, 2.45) is 0 Å². The Morgan fingerprint density at radius 2 is 1.95 bits per heavy atom. The third kappa shape index (κ3) is 4.09. The number of sulfonamides is 1. The summed E-state index contributed by atoms with van der Waals surface area (Å²) in [6.45, 7) is 1.78. The Balaban J connectivity index is 1.86. The SMILES string of the molecule is CS(=O)(=O)N1CCC(NCc2cccc(Cl)c2Cl)CC1. The van der Waals surface area contributed by atoms with Crippen molar-refractivity contribution in [3.63, 3.8) is 0 Å².